The molecular weight excluding hydrogens is 288 g/mol. The summed E-state index contributed by atoms with van der Waals surface area (Å²) in [5, 5.41) is 0.815. The number of carbonyl (C=O) groups excluding carboxylic acids is 1. The van der Waals surface area contributed by atoms with Crippen molar-refractivity contribution in [1.29, 1.82) is 0 Å². The topological polar surface area (TPSA) is 64.2 Å². The molecule has 112 valence electrons. The number of nitrogens with zero attached hydrogens (tertiary/aromatic N) is 1. The first-order chi connectivity index (χ1) is 10.2. The van der Waals surface area contributed by atoms with Crippen LogP contribution in [0.5, 0.6) is 5.75 Å². The van der Waals surface area contributed by atoms with Gasteiger partial charge in [-0.15, -0.1) is 0 Å². The van der Waals surface area contributed by atoms with E-state index in [-0.39, 0.29) is 5.97 Å². The first kappa shape index (κ1) is 15.4. The quantitative estimate of drug-likeness (QED) is 0.504. The number of esters is 1. The number of imidazole rings is 1. The van der Waals surface area contributed by atoms with E-state index < -0.39 is 0 Å². The average molecular weight is 306 g/mol. The maximum absolute atomic E-state index is 11.5. The Morgan fingerprint density at radius 2 is 2.24 bits per heavy atom. The summed E-state index contributed by atoms with van der Waals surface area (Å²) < 4.78 is 9.91. The molecule has 0 saturated carbocycles. The Hall–Kier alpha value is -1.95. The molecule has 0 aliphatic heterocycles. The van der Waals surface area contributed by atoms with E-state index in [9.17, 15) is 4.79 Å². The van der Waals surface area contributed by atoms with Crippen molar-refractivity contribution in [3.8, 4) is 5.75 Å². The first-order valence-corrected chi connectivity index (χ1v) is 7.60. The van der Waals surface area contributed by atoms with Crippen LogP contribution in [0, 0.1) is 0 Å². The van der Waals surface area contributed by atoms with Gasteiger partial charge >= 0.3 is 5.97 Å². The summed E-state index contributed by atoms with van der Waals surface area (Å²) in [6.45, 7) is 1.93. The molecule has 5 nitrogen and oxygen atoms in total. The number of nitrogens with one attached hydrogen (secondary N) is 1. The van der Waals surface area contributed by atoms with E-state index in [1.54, 1.807) is 7.11 Å². The zero-order valence-electron chi connectivity index (χ0n) is 12.3. The molecule has 0 atom stereocenters. The van der Waals surface area contributed by atoms with Gasteiger partial charge in [0.2, 0.25) is 0 Å². The molecule has 0 aliphatic rings. The maximum Gasteiger partial charge on any atom is 0.333 e. The SMILES string of the molecule is CCC(=CCSc1nc2ccc(OC)cc2[nH]1)C(=O)OC. The van der Waals surface area contributed by atoms with Crippen molar-refractivity contribution in [2.75, 3.05) is 20.0 Å². The van der Waals surface area contributed by atoms with Gasteiger partial charge in [-0.3, -0.25) is 0 Å². The fourth-order valence-corrected chi connectivity index (χ4v) is 2.67. The minimum absolute atomic E-state index is 0.271. The number of carbonyl (C=O) groups is 1. The van der Waals surface area contributed by atoms with Crippen LogP contribution in [0.1, 0.15) is 13.3 Å². The number of rotatable bonds is 6. The van der Waals surface area contributed by atoms with Crippen molar-refractivity contribution in [3.05, 3.63) is 29.8 Å². The van der Waals surface area contributed by atoms with Crippen molar-refractivity contribution in [2.45, 2.75) is 18.5 Å². The lowest BCUT2D eigenvalue weighted by molar-refractivity contribution is -0.136. The Morgan fingerprint density at radius 1 is 1.43 bits per heavy atom. The van der Waals surface area contributed by atoms with E-state index in [4.69, 9.17) is 9.47 Å². The largest absolute Gasteiger partial charge is 0.497 e. The molecule has 1 aromatic carbocycles. The summed E-state index contributed by atoms with van der Waals surface area (Å²) in [5.74, 6) is 1.18. The van der Waals surface area contributed by atoms with Crippen molar-refractivity contribution < 1.29 is 14.3 Å². The van der Waals surface area contributed by atoms with Gasteiger partial charge in [0.15, 0.2) is 5.16 Å². The number of methoxy groups -OCH3 is 2. The van der Waals surface area contributed by atoms with Crippen LogP contribution in [-0.4, -0.2) is 35.9 Å². The van der Waals surface area contributed by atoms with Crippen LogP contribution in [0.15, 0.2) is 35.0 Å². The minimum atomic E-state index is -0.271. The first-order valence-electron chi connectivity index (χ1n) is 6.61. The summed E-state index contributed by atoms with van der Waals surface area (Å²) in [5.41, 5.74) is 2.51. The summed E-state index contributed by atoms with van der Waals surface area (Å²) >= 11 is 1.54. The second-order valence-corrected chi connectivity index (χ2v) is 5.32. The van der Waals surface area contributed by atoms with E-state index in [0.717, 1.165) is 21.9 Å². The Bertz CT molecular complexity index is 664. The van der Waals surface area contributed by atoms with Gasteiger partial charge in [-0.05, 0) is 18.6 Å². The maximum atomic E-state index is 11.5. The second-order valence-electron chi connectivity index (χ2n) is 4.31. The third-order valence-electron chi connectivity index (χ3n) is 3.05. The van der Waals surface area contributed by atoms with Crippen LogP contribution < -0.4 is 4.74 Å². The lowest BCUT2D eigenvalue weighted by Crippen LogP contribution is -2.04. The van der Waals surface area contributed by atoms with Gasteiger partial charge < -0.3 is 14.5 Å². The van der Waals surface area contributed by atoms with Gasteiger partial charge in [0.1, 0.15) is 5.75 Å². The van der Waals surface area contributed by atoms with Crippen LogP contribution in [0.3, 0.4) is 0 Å². The van der Waals surface area contributed by atoms with E-state index in [0.29, 0.717) is 17.7 Å². The van der Waals surface area contributed by atoms with Crippen molar-refractivity contribution >= 4 is 28.8 Å². The molecule has 0 fully saturated rings. The Morgan fingerprint density at radius 3 is 2.90 bits per heavy atom. The molecule has 0 amide bonds. The van der Waals surface area contributed by atoms with Gasteiger partial charge in [-0.1, -0.05) is 24.8 Å². The molecular formula is C15H18N2O3S. The molecule has 21 heavy (non-hydrogen) atoms. The molecule has 1 aromatic heterocycles. The average Bonchev–Trinajstić information content (AvgIpc) is 2.92. The van der Waals surface area contributed by atoms with Crippen molar-refractivity contribution in [2.24, 2.45) is 0 Å². The van der Waals surface area contributed by atoms with Crippen molar-refractivity contribution in [1.82, 2.24) is 9.97 Å². The fraction of sp³-hybridized carbons (Fsp3) is 0.333. The number of thioether (sulfide) groups is 1. The van der Waals surface area contributed by atoms with E-state index >= 15 is 0 Å². The predicted octanol–water partition coefficient (Wildman–Crippen LogP) is 3.17. The number of benzene rings is 1. The van der Waals surface area contributed by atoms with Gasteiger partial charge in [-0.25, -0.2) is 9.78 Å². The van der Waals surface area contributed by atoms with Crippen molar-refractivity contribution in [3.63, 3.8) is 0 Å². The molecule has 0 spiro atoms. The molecule has 1 N–H and O–H groups in total. The van der Waals surface area contributed by atoms with Crippen LogP contribution in [0.4, 0.5) is 0 Å². The summed E-state index contributed by atoms with van der Waals surface area (Å²) in [6, 6.07) is 5.70. The molecule has 2 rings (SSSR count). The second kappa shape index (κ2) is 7.17. The highest BCUT2D eigenvalue weighted by Crippen LogP contribution is 2.23. The molecule has 0 saturated heterocycles. The van der Waals surface area contributed by atoms with E-state index in [1.165, 1.54) is 18.9 Å². The number of ether oxygens (including phenoxy) is 2. The summed E-state index contributed by atoms with van der Waals surface area (Å²) in [7, 11) is 3.03. The molecule has 0 unspecified atom stereocenters. The van der Waals surface area contributed by atoms with Gasteiger partial charge in [0.05, 0.1) is 25.3 Å². The summed E-state index contributed by atoms with van der Waals surface area (Å²) in [4.78, 5) is 19.2. The van der Waals surface area contributed by atoms with Crippen LogP contribution in [-0.2, 0) is 9.53 Å². The van der Waals surface area contributed by atoms with Crippen LogP contribution in [0.25, 0.3) is 11.0 Å². The third-order valence-corrected chi connectivity index (χ3v) is 3.85. The predicted molar refractivity (Wildman–Crippen MR) is 83.8 cm³/mol. The standard InChI is InChI=1S/C15H18N2O3S/c1-4-10(14(18)20-3)7-8-21-15-16-12-6-5-11(19-2)9-13(12)17-15/h5-7,9H,4,8H2,1-3H3,(H,16,17). The molecule has 2 aromatic rings. The third kappa shape index (κ3) is 3.78. The number of hydrogen-bond donors (Lipinski definition) is 1. The monoisotopic (exact) mass is 306 g/mol. The lowest BCUT2D eigenvalue weighted by Gasteiger charge is -2.01. The van der Waals surface area contributed by atoms with E-state index in [2.05, 4.69) is 9.97 Å². The Labute approximate surface area is 127 Å². The number of hydrogen-bond acceptors (Lipinski definition) is 5. The Kier molecular flexibility index (Phi) is 5.27. The normalized spacial score (nSPS) is 11.7. The zero-order valence-corrected chi connectivity index (χ0v) is 13.1. The smallest absolute Gasteiger partial charge is 0.333 e. The highest BCUT2D eigenvalue weighted by atomic mass is 32.2. The zero-order chi connectivity index (χ0) is 15.2. The minimum Gasteiger partial charge on any atom is -0.497 e. The number of aromatic amines is 1. The van der Waals surface area contributed by atoms with Crippen LogP contribution >= 0.6 is 11.8 Å². The molecule has 0 radical (unpaired) electrons. The fourth-order valence-electron chi connectivity index (χ4n) is 1.88. The highest BCUT2D eigenvalue weighted by Gasteiger charge is 2.07. The Balaban J connectivity index is 2.06. The number of H-pyrrole nitrogens is 1. The summed E-state index contributed by atoms with van der Waals surface area (Å²) in [6.07, 6.45) is 2.54. The number of aromatic nitrogens is 2. The molecule has 1 heterocycles. The van der Waals surface area contributed by atoms with Gasteiger partial charge in [-0.2, -0.15) is 0 Å². The number of fused-ring (bicyclic) bond motifs is 1. The van der Waals surface area contributed by atoms with E-state index in [1.807, 2.05) is 31.2 Å². The lowest BCUT2D eigenvalue weighted by atomic mass is 10.2. The van der Waals surface area contributed by atoms with Crippen LogP contribution in [0.2, 0.25) is 0 Å². The molecule has 0 aliphatic carbocycles. The molecule has 0 bridgehead atoms. The highest BCUT2D eigenvalue weighted by molar-refractivity contribution is 7.99. The van der Waals surface area contributed by atoms with Gasteiger partial charge in [0, 0.05) is 17.4 Å². The molecule has 6 heteroatoms. The van der Waals surface area contributed by atoms with Gasteiger partial charge in [0.25, 0.3) is 0 Å².